The zero-order valence-electron chi connectivity index (χ0n) is 9.59. The maximum absolute atomic E-state index is 11.1. The van der Waals surface area contributed by atoms with Gasteiger partial charge >= 0.3 is 6.03 Å². The molecule has 2 amide bonds. The summed E-state index contributed by atoms with van der Waals surface area (Å²) in [5, 5.41) is 5.48. The first-order valence-corrected chi connectivity index (χ1v) is 5.15. The number of hydrogen-bond donors (Lipinski definition) is 2. The van der Waals surface area contributed by atoms with Crippen LogP contribution in [0.1, 0.15) is 27.7 Å². The van der Waals surface area contributed by atoms with E-state index in [1.807, 2.05) is 13.8 Å². The van der Waals surface area contributed by atoms with Crippen LogP contribution in [0.3, 0.4) is 0 Å². The van der Waals surface area contributed by atoms with Crippen molar-refractivity contribution in [2.45, 2.75) is 33.8 Å². The molecule has 0 aromatic carbocycles. The minimum Gasteiger partial charge on any atom is -0.377 e. The van der Waals surface area contributed by atoms with Gasteiger partial charge in [-0.05, 0) is 19.8 Å². The van der Waals surface area contributed by atoms with Gasteiger partial charge in [-0.1, -0.05) is 13.8 Å². The monoisotopic (exact) mass is 202 g/mol. The summed E-state index contributed by atoms with van der Waals surface area (Å²) in [6.45, 7) is 9.88. The average Bonchev–Trinajstić information content (AvgIpc) is 2.08. The number of urea groups is 1. The summed E-state index contributed by atoms with van der Waals surface area (Å²) in [5.41, 5.74) is 0. The summed E-state index contributed by atoms with van der Waals surface area (Å²) in [6, 6.07) is -0.119. The number of nitrogens with one attached hydrogen (secondary N) is 2. The van der Waals surface area contributed by atoms with Crippen molar-refractivity contribution in [1.82, 2.24) is 10.6 Å². The Morgan fingerprint density at radius 2 is 1.86 bits per heavy atom. The van der Waals surface area contributed by atoms with Crippen LogP contribution in [0.4, 0.5) is 4.79 Å². The van der Waals surface area contributed by atoms with Gasteiger partial charge in [0.15, 0.2) is 0 Å². The number of amides is 2. The lowest BCUT2D eigenvalue weighted by atomic mass is 10.2. The van der Waals surface area contributed by atoms with Crippen LogP contribution in [0.15, 0.2) is 0 Å². The lowest BCUT2D eigenvalue weighted by molar-refractivity contribution is 0.0817. The molecule has 0 heterocycles. The molecule has 0 fully saturated rings. The molecule has 0 bridgehead atoms. The van der Waals surface area contributed by atoms with Crippen molar-refractivity contribution in [2.24, 2.45) is 5.92 Å². The highest BCUT2D eigenvalue weighted by molar-refractivity contribution is 5.73. The number of ether oxygens (including phenoxy) is 1. The van der Waals surface area contributed by atoms with Crippen molar-refractivity contribution >= 4 is 6.03 Å². The van der Waals surface area contributed by atoms with E-state index in [4.69, 9.17) is 4.74 Å². The van der Waals surface area contributed by atoms with Crippen LogP contribution in [0.5, 0.6) is 0 Å². The third-order valence-corrected chi connectivity index (χ3v) is 1.51. The minimum absolute atomic E-state index is 0.119. The summed E-state index contributed by atoms with van der Waals surface area (Å²) in [6.07, 6.45) is 0.218. The van der Waals surface area contributed by atoms with E-state index >= 15 is 0 Å². The minimum atomic E-state index is -0.119. The largest absolute Gasteiger partial charge is 0.377 e. The first-order valence-electron chi connectivity index (χ1n) is 5.15. The van der Waals surface area contributed by atoms with Gasteiger partial charge in [-0.25, -0.2) is 4.79 Å². The van der Waals surface area contributed by atoms with Gasteiger partial charge in [-0.15, -0.1) is 0 Å². The molecule has 0 saturated carbocycles. The molecule has 2 N–H and O–H groups in total. The maximum Gasteiger partial charge on any atom is 0.314 e. The molecule has 0 aliphatic carbocycles. The fraction of sp³-hybridized carbons (Fsp3) is 0.900. The van der Waals surface area contributed by atoms with E-state index in [2.05, 4.69) is 24.5 Å². The zero-order valence-corrected chi connectivity index (χ0v) is 9.59. The van der Waals surface area contributed by atoms with Gasteiger partial charge in [0.2, 0.25) is 0 Å². The predicted octanol–water partition coefficient (Wildman–Crippen LogP) is 1.37. The topological polar surface area (TPSA) is 50.4 Å². The van der Waals surface area contributed by atoms with Crippen LogP contribution < -0.4 is 10.6 Å². The number of hydrogen-bond acceptors (Lipinski definition) is 2. The molecule has 0 atom stereocenters. The Morgan fingerprint density at radius 1 is 1.21 bits per heavy atom. The van der Waals surface area contributed by atoms with E-state index in [9.17, 15) is 4.79 Å². The summed E-state index contributed by atoms with van der Waals surface area (Å²) < 4.78 is 5.28. The first kappa shape index (κ1) is 13.2. The highest BCUT2D eigenvalue weighted by Crippen LogP contribution is 1.87. The Kier molecular flexibility index (Phi) is 7.20. The Hall–Kier alpha value is -0.770. The second kappa shape index (κ2) is 7.62. The van der Waals surface area contributed by atoms with E-state index in [1.165, 1.54) is 0 Å². The molecule has 4 heteroatoms. The number of carbonyl (C=O) groups excluding carboxylic acids is 1. The Bertz CT molecular complexity index is 158. The van der Waals surface area contributed by atoms with Gasteiger partial charge in [-0.3, -0.25) is 0 Å². The van der Waals surface area contributed by atoms with Crippen molar-refractivity contribution in [3.05, 3.63) is 0 Å². The molecule has 0 aliphatic rings. The van der Waals surface area contributed by atoms with E-state index in [0.29, 0.717) is 25.6 Å². The van der Waals surface area contributed by atoms with Gasteiger partial charge in [0.25, 0.3) is 0 Å². The van der Waals surface area contributed by atoms with Crippen molar-refractivity contribution in [3.8, 4) is 0 Å². The lowest BCUT2D eigenvalue weighted by Gasteiger charge is -2.10. The summed E-state index contributed by atoms with van der Waals surface area (Å²) in [4.78, 5) is 11.1. The molecule has 4 nitrogen and oxygen atoms in total. The van der Waals surface area contributed by atoms with Crippen LogP contribution in [0.2, 0.25) is 0 Å². The van der Waals surface area contributed by atoms with E-state index in [1.54, 1.807) is 0 Å². The van der Waals surface area contributed by atoms with Crippen molar-refractivity contribution in [3.63, 3.8) is 0 Å². The highest BCUT2D eigenvalue weighted by Gasteiger charge is 2.00. The lowest BCUT2D eigenvalue weighted by Crippen LogP contribution is -2.39. The molecule has 0 aliphatic heterocycles. The van der Waals surface area contributed by atoms with Crippen LogP contribution in [-0.2, 0) is 4.74 Å². The molecule has 0 aromatic heterocycles. The first-order chi connectivity index (χ1) is 6.52. The summed E-state index contributed by atoms with van der Waals surface area (Å²) in [7, 11) is 0. The second-order valence-corrected chi connectivity index (χ2v) is 3.95. The van der Waals surface area contributed by atoms with Gasteiger partial charge < -0.3 is 15.4 Å². The fourth-order valence-corrected chi connectivity index (χ4v) is 0.819. The van der Waals surface area contributed by atoms with Crippen molar-refractivity contribution in [1.29, 1.82) is 0 Å². The summed E-state index contributed by atoms with van der Waals surface area (Å²) in [5.74, 6) is 0.479. The molecule has 0 saturated heterocycles. The average molecular weight is 202 g/mol. The Labute approximate surface area is 86.4 Å². The predicted molar refractivity (Wildman–Crippen MR) is 57.3 cm³/mol. The van der Waals surface area contributed by atoms with Crippen molar-refractivity contribution < 1.29 is 9.53 Å². The summed E-state index contributed by atoms with van der Waals surface area (Å²) >= 11 is 0. The van der Waals surface area contributed by atoms with Gasteiger partial charge in [-0.2, -0.15) is 0 Å². The molecule has 0 spiro atoms. The van der Waals surface area contributed by atoms with Crippen LogP contribution in [-0.4, -0.2) is 31.8 Å². The third-order valence-electron chi connectivity index (χ3n) is 1.51. The zero-order chi connectivity index (χ0) is 11.0. The SMILES string of the molecule is CC(C)CNC(=O)NCCOC(C)C. The molecule has 0 unspecified atom stereocenters. The number of carbonyl (C=O) groups is 1. The normalized spacial score (nSPS) is 10.7. The van der Waals surface area contributed by atoms with Gasteiger partial charge in [0.05, 0.1) is 12.7 Å². The molecule has 0 rings (SSSR count). The number of rotatable bonds is 6. The standard InChI is InChI=1S/C10H22N2O2/c1-8(2)7-12-10(13)11-5-6-14-9(3)4/h8-9H,5-7H2,1-4H3,(H2,11,12,13). The van der Waals surface area contributed by atoms with Gasteiger partial charge in [0, 0.05) is 13.1 Å². The molecule has 0 aromatic rings. The quantitative estimate of drug-likeness (QED) is 0.639. The molecule has 14 heavy (non-hydrogen) atoms. The second-order valence-electron chi connectivity index (χ2n) is 3.95. The molecule has 0 radical (unpaired) electrons. The fourth-order valence-electron chi connectivity index (χ4n) is 0.819. The van der Waals surface area contributed by atoms with E-state index in [0.717, 1.165) is 0 Å². The maximum atomic E-state index is 11.1. The molecular weight excluding hydrogens is 180 g/mol. The Morgan fingerprint density at radius 3 is 2.36 bits per heavy atom. The highest BCUT2D eigenvalue weighted by atomic mass is 16.5. The van der Waals surface area contributed by atoms with Gasteiger partial charge in [0.1, 0.15) is 0 Å². The molecule has 84 valence electrons. The van der Waals surface area contributed by atoms with Crippen molar-refractivity contribution in [2.75, 3.05) is 19.7 Å². The van der Waals surface area contributed by atoms with E-state index in [-0.39, 0.29) is 12.1 Å². The smallest absolute Gasteiger partial charge is 0.314 e. The van der Waals surface area contributed by atoms with E-state index < -0.39 is 0 Å². The van der Waals surface area contributed by atoms with Crippen LogP contribution in [0, 0.1) is 5.92 Å². The van der Waals surface area contributed by atoms with Crippen LogP contribution >= 0.6 is 0 Å². The Balaban J connectivity index is 3.27. The third kappa shape index (κ3) is 9.32. The van der Waals surface area contributed by atoms with Crippen LogP contribution in [0.25, 0.3) is 0 Å². The molecular formula is C10H22N2O2.